The fraction of sp³-hybridized carbons (Fsp3) is 0.167. The number of nitrogens with one attached hydrogen (secondary N) is 1. The van der Waals surface area contributed by atoms with Gasteiger partial charge in [-0.15, -0.1) is 10.2 Å². The molecule has 0 aliphatic carbocycles. The first-order chi connectivity index (χ1) is 15.7. The van der Waals surface area contributed by atoms with Gasteiger partial charge in [0.25, 0.3) is 0 Å². The zero-order valence-corrected chi connectivity index (χ0v) is 18.6. The average molecular weight is 443 g/mol. The van der Waals surface area contributed by atoms with Crippen molar-refractivity contribution in [3.05, 3.63) is 66.9 Å². The van der Waals surface area contributed by atoms with Gasteiger partial charge >= 0.3 is 0 Å². The molecule has 3 heterocycles. The molecule has 0 radical (unpaired) electrons. The maximum absolute atomic E-state index is 12.6. The lowest BCUT2D eigenvalue weighted by atomic mass is 10.1. The summed E-state index contributed by atoms with van der Waals surface area (Å²) < 4.78 is 4.14. The smallest absolute Gasteiger partial charge is 0.234 e. The molecule has 0 aliphatic heterocycles. The maximum atomic E-state index is 12.6. The summed E-state index contributed by atoms with van der Waals surface area (Å²) in [6.45, 7) is 3.04. The summed E-state index contributed by atoms with van der Waals surface area (Å²) in [5.74, 6) is 0.824. The Morgan fingerprint density at radius 1 is 1.00 bits per heavy atom. The van der Waals surface area contributed by atoms with Gasteiger partial charge in [0.1, 0.15) is 5.69 Å². The molecule has 0 atom stereocenters. The summed E-state index contributed by atoms with van der Waals surface area (Å²) in [5.41, 5.74) is 3.91. The first kappa shape index (κ1) is 20.3. The van der Waals surface area contributed by atoms with Crippen LogP contribution in [0.3, 0.4) is 0 Å². The van der Waals surface area contributed by atoms with E-state index in [2.05, 4.69) is 56.3 Å². The number of fused-ring (bicyclic) bond motifs is 3. The van der Waals surface area contributed by atoms with Crippen LogP contribution in [0.5, 0.6) is 0 Å². The number of carbonyl (C=O) groups is 1. The van der Waals surface area contributed by atoms with Crippen LogP contribution >= 0.6 is 11.8 Å². The lowest BCUT2D eigenvalue weighted by Gasteiger charge is -2.07. The number of para-hydroxylation sites is 1. The number of pyridine rings is 1. The number of aryl methyl sites for hydroxylation is 1. The van der Waals surface area contributed by atoms with Crippen LogP contribution in [-0.4, -0.2) is 36.0 Å². The Morgan fingerprint density at radius 2 is 1.81 bits per heavy atom. The van der Waals surface area contributed by atoms with Crippen LogP contribution < -0.4 is 5.32 Å². The topological polar surface area (TPSA) is 77.6 Å². The van der Waals surface area contributed by atoms with E-state index in [4.69, 9.17) is 0 Å². The van der Waals surface area contributed by atoms with E-state index in [-0.39, 0.29) is 11.7 Å². The second-order valence-electron chi connectivity index (χ2n) is 7.41. The zero-order chi connectivity index (χ0) is 22.1. The van der Waals surface area contributed by atoms with Crippen molar-refractivity contribution in [2.75, 3.05) is 11.1 Å². The number of nitrogens with zero attached hydrogens (tertiary/aromatic N) is 5. The minimum Gasteiger partial charge on any atom is -0.341 e. The maximum Gasteiger partial charge on any atom is 0.234 e. The molecule has 8 heteroatoms. The largest absolute Gasteiger partial charge is 0.341 e. The predicted octanol–water partition coefficient (Wildman–Crippen LogP) is 4.74. The SMILES string of the molecule is CCn1c2ccccc2c2cc(NC(=O)CSc3nnc(-c4ccccn4)n3C)ccc21. The molecule has 3 aromatic heterocycles. The Balaban J connectivity index is 1.32. The van der Waals surface area contributed by atoms with Crippen molar-refractivity contribution in [1.29, 1.82) is 0 Å². The molecule has 1 amide bonds. The van der Waals surface area contributed by atoms with E-state index in [1.807, 2.05) is 48.0 Å². The third-order valence-corrected chi connectivity index (χ3v) is 6.45. The highest BCUT2D eigenvalue weighted by molar-refractivity contribution is 7.99. The van der Waals surface area contributed by atoms with Gasteiger partial charge in [0, 0.05) is 47.3 Å². The van der Waals surface area contributed by atoms with Gasteiger partial charge in [0.05, 0.1) is 5.75 Å². The highest BCUT2D eigenvalue weighted by Crippen LogP contribution is 2.31. The van der Waals surface area contributed by atoms with Crippen molar-refractivity contribution in [3.63, 3.8) is 0 Å². The fourth-order valence-electron chi connectivity index (χ4n) is 3.96. The van der Waals surface area contributed by atoms with Crippen LogP contribution in [0.25, 0.3) is 33.3 Å². The second kappa shape index (κ2) is 8.47. The molecule has 32 heavy (non-hydrogen) atoms. The Kier molecular flexibility index (Phi) is 5.36. The standard InChI is InChI=1S/C24H22N6OS/c1-3-30-20-10-5-4-8-17(20)18-14-16(11-12-21(18)30)26-22(31)15-32-24-28-27-23(29(24)2)19-9-6-7-13-25-19/h4-14H,3,15H2,1-2H3,(H,26,31). The number of aromatic nitrogens is 5. The van der Waals surface area contributed by atoms with Gasteiger partial charge in [0.2, 0.25) is 5.91 Å². The first-order valence-corrected chi connectivity index (χ1v) is 11.4. The molecular weight excluding hydrogens is 420 g/mol. The van der Waals surface area contributed by atoms with Crippen molar-refractivity contribution in [3.8, 4) is 11.5 Å². The van der Waals surface area contributed by atoms with Crippen molar-refractivity contribution >= 4 is 45.2 Å². The van der Waals surface area contributed by atoms with Gasteiger partial charge in [0.15, 0.2) is 11.0 Å². The third kappa shape index (κ3) is 3.62. The number of rotatable bonds is 6. The highest BCUT2D eigenvalue weighted by Gasteiger charge is 2.14. The lowest BCUT2D eigenvalue weighted by Crippen LogP contribution is -2.14. The number of amides is 1. The Morgan fingerprint density at radius 3 is 2.62 bits per heavy atom. The predicted molar refractivity (Wildman–Crippen MR) is 129 cm³/mol. The van der Waals surface area contributed by atoms with Gasteiger partial charge in [-0.3, -0.25) is 9.78 Å². The number of benzene rings is 2. The van der Waals surface area contributed by atoms with Crippen molar-refractivity contribution in [2.45, 2.75) is 18.6 Å². The molecule has 0 saturated heterocycles. The summed E-state index contributed by atoms with van der Waals surface area (Å²) in [6, 6.07) is 20.1. The molecule has 5 aromatic rings. The second-order valence-corrected chi connectivity index (χ2v) is 8.35. The molecule has 0 aliphatic rings. The summed E-state index contributed by atoms with van der Waals surface area (Å²) in [5, 5.41) is 14.4. The van der Waals surface area contributed by atoms with E-state index in [0.29, 0.717) is 11.0 Å². The van der Waals surface area contributed by atoms with E-state index in [9.17, 15) is 4.79 Å². The van der Waals surface area contributed by atoms with Gasteiger partial charge in [-0.25, -0.2) is 0 Å². The lowest BCUT2D eigenvalue weighted by molar-refractivity contribution is -0.113. The molecule has 0 fully saturated rings. The fourth-order valence-corrected chi connectivity index (χ4v) is 4.67. The number of anilines is 1. The van der Waals surface area contributed by atoms with Crippen LogP contribution in [0.1, 0.15) is 6.92 Å². The molecule has 7 nitrogen and oxygen atoms in total. The quantitative estimate of drug-likeness (QED) is 0.385. The van der Waals surface area contributed by atoms with E-state index >= 15 is 0 Å². The van der Waals surface area contributed by atoms with Crippen molar-refractivity contribution in [2.24, 2.45) is 7.05 Å². The van der Waals surface area contributed by atoms with Gasteiger partial charge in [-0.1, -0.05) is 36.0 Å². The normalized spacial score (nSPS) is 11.3. The van der Waals surface area contributed by atoms with E-state index in [1.165, 1.54) is 28.2 Å². The molecule has 5 rings (SSSR count). The van der Waals surface area contributed by atoms with E-state index in [1.54, 1.807) is 6.20 Å². The van der Waals surface area contributed by atoms with Crippen molar-refractivity contribution < 1.29 is 4.79 Å². The molecule has 0 spiro atoms. The van der Waals surface area contributed by atoms with E-state index < -0.39 is 0 Å². The summed E-state index contributed by atoms with van der Waals surface area (Å²) >= 11 is 1.35. The number of carbonyl (C=O) groups excluding carboxylic acids is 1. The Bertz CT molecular complexity index is 1420. The number of thioether (sulfide) groups is 1. The summed E-state index contributed by atoms with van der Waals surface area (Å²) in [4.78, 5) is 16.9. The molecule has 0 saturated carbocycles. The Labute approximate surface area is 189 Å². The van der Waals surface area contributed by atoms with Crippen LogP contribution in [0, 0.1) is 0 Å². The first-order valence-electron chi connectivity index (χ1n) is 10.4. The highest BCUT2D eigenvalue weighted by atomic mass is 32.2. The third-order valence-electron chi connectivity index (χ3n) is 5.43. The number of hydrogen-bond donors (Lipinski definition) is 1. The van der Waals surface area contributed by atoms with Gasteiger partial charge < -0.3 is 14.5 Å². The van der Waals surface area contributed by atoms with Gasteiger partial charge in [-0.05, 0) is 43.3 Å². The molecule has 0 unspecified atom stereocenters. The monoisotopic (exact) mass is 442 g/mol. The minimum absolute atomic E-state index is 0.0871. The molecule has 0 bridgehead atoms. The van der Waals surface area contributed by atoms with Crippen molar-refractivity contribution in [1.82, 2.24) is 24.3 Å². The average Bonchev–Trinajstić information content (AvgIpc) is 3.35. The van der Waals surface area contributed by atoms with E-state index in [0.717, 1.165) is 23.3 Å². The molecular formula is C24H22N6OS. The molecule has 1 N–H and O–H groups in total. The van der Waals surface area contributed by atoms with Crippen LogP contribution in [-0.2, 0) is 18.4 Å². The molecule has 2 aromatic carbocycles. The number of hydrogen-bond acceptors (Lipinski definition) is 5. The van der Waals surface area contributed by atoms with Crippen LogP contribution in [0.15, 0.2) is 72.0 Å². The molecule has 160 valence electrons. The summed E-state index contributed by atoms with van der Waals surface area (Å²) in [6.07, 6.45) is 1.72. The van der Waals surface area contributed by atoms with Crippen LogP contribution in [0.4, 0.5) is 5.69 Å². The minimum atomic E-state index is -0.0871. The zero-order valence-electron chi connectivity index (χ0n) is 17.8. The van der Waals surface area contributed by atoms with Crippen LogP contribution in [0.2, 0.25) is 0 Å². The van der Waals surface area contributed by atoms with Gasteiger partial charge in [-0.2, -0.15) is 0 Å². The Hall–Kier alpha value is -3.65. The summed E-state index contributed by atoms with van der Waals surface area (Å²) in [7, 11) is 1.88.